The Labute approximate surface area is 176 Å². The molecule has 3 aromatic rings. The zero-order valence-corrected chi connectivity index (χ0v) is 16.3. The minimum Gasteiger partial charge on any atom is -0.506 e. The second-order valence-corrected chi connectivity index (χ2v) is 7.61. The molecule has 1 fully saturated rings. The van der Waals surface area contributed by atoms with Gasteiger partial charge in [0.15, 0.2) is 0 Å². The first-order valence-electron chi connectivity index (χ1n) is 9.23. The molecule has 30 heavy (non-hydrogen) atoms. The van der Waals surface area contributed by atoms with Crippen LogP contribution >= 0.6 is 11.6 Å². The molecule has 1 aliphatic rings. The molecule has 4 rings (SSSR count). The van der Waals surface area contributed by atoms with Crippen LogP contribution in [0.25, 0.3) is 11.1 Å². The predicted molar refractivity (Wildman–Crippen MR) is 109 cm³/mol. The van der Waals surface area contributed by atoms with Crippen molar-refractivity contribution < 1.29 is 23.8 Å². The third-order valence-electron chi connectivity index (χ3n) is 5.15. The fourth-order valence-corrected chi connectivity index (χ4v) is 3.53. The van der Waals surface area contributed by atoms with Crippen LogP contribution in [0.15, 0.2) is 48.7 Å². The fourth-order valence-electron chi connectivity index (χ4n) is 3.35. The Morgan fingerprint density at radius 1 is 1.17 bits per heavy atom. The molecule has 2 aromatic carbocycles. The minimum atomic E-state index is -0.818. The molecule has 5 nitrogen and oxygen atoms in total. The number of phenolic OH excluding ortho intramolecular Hbond substituents is 1. The second kappa shape index (κ2) is 7.91. The molecule has 1 aliphatic carbocycles. The summed E-state index contributed by atoms with van der Waals surface area (Å²) in [6.45, 7) is 0.0904. The van der Waals surface area contributed by atoms with E-state index in [-0.39, 0.29) is 40.3 Å². The molecule has 0 amide bonds. The van der Waals surface area contributed by atoms with Gasteiger partial charge in [0.2, 0.25) is 0 Å². The van der Waals surface area contributed by atoms with Gasteiger partial charge in [0, 0.05) is 35.3 Å². The summed E-state index contributed by atoms with van der Waals surface area (Å²) >= 11 is 5.90. The average Bonchev–Trinajstić information content (AvgIpc) is 3.51. The molecule has 3 N–H and O–H groups in total. The van der Waals surface area contributed by atoms with Crippen LogP contribution in [0.2, 0.25) is 5.02 Å². The monoisotopic (exact) mass is 430 g/mol. The van der Waals surface area contributed by atoms with E-state index in [0.29, 0.717) is 23.4 Å². The van der Waals surface area contributed by atoms with Crippen LogP contribution in [0, 0.1) is 17.6 Å². The molecular weight excluding hydrogens is 414 g/mol. The van der Waals surface area contributed by atoms with E-state index in [1.54, 1.807) is 18.3 Å². The summed E-state index contributed by atoms with van der Waals surface area (Å²) in [5.74, 6) is -2.81. The number of hydrogen-bond donors (Lipinski definition) is 3. The summed E-state index contributed by atoms with van der Waals surface area (Å²) in [6, 6.07) is 9.97. The highest BCUT2D eigenvalue weighted by Crippen LogP contribution is 2.46. The van der Waals surface area contributed by atoms with E-state index in [1.165, 1.54) is 24.3 Å². The predicted octanol–water partition coefficient (Wildman–Crippen LogP) is 5.19. The number of aromatic nitrogens is 1. The highest BCUT2D eigenvalue weighted by molar-refractivity contribution is 6.32. The van der Waals surface area contributed by atoms with Crippen molar-refractivity contribution in [1.82, 2.24) is 4.98 Å². The number of carboxylic acid groups (broad SMARTS) is 1. The van der Waals surface area contributed by atoms with Crippen LogP contribution in [-0.2, 0) is 11.3 Å². The van der Waals surface area contributed by atoms with E-state index in [0.717, 1.165) is 6.07 Å². The largest absolute Gasteiger partial charge is 0.506 e. The van der Waals surface area contributed by atoms with E-state index in [2.05, 4.69) is 10.3 Å². The topological polar surface area (TPSA) is 82.5 Å². The molecule has 0 saturated heterocycles. The van der Waals surface area contributed by atoms with Crippen LogP contribution in [0.5, 0.6) is 5.75 Å². The van der Waals surface area contributed by atoms with E-state index >= 15 is 0 Å². The van der Waals surface area contributed by atoms with Crippen molar-refractivity contribution in [2.45, 2.75) is 18.9 Å². The van der Waals surface area contributed by atoms with E-state index in [4.69, 9.17) is 16.7 Å². The number of pyridine rings is 1. The standard InChI is InChI=1S/C22H17ClF2N2O3/c23-17-6-11(1-4-21(17)28)14-5-12(18(24)8-19(14)25)9-26-13-2-3-20(27-10-13)15-7-16(15)22(29)30/h1-6,8,10,15-16,26,28H,7,9H2,(H,29,30)/t15-,16-/m1/s1. The number of anilines is 1. The first-order valence-corrected chi connectivity index (χ1v) is 9.60. The summed E-state index contributed by atoms with van der Waals surface area (Å²) in [5.41, 5.74) is 2.17. The van der Waals surface area contributed by atoms with Crippen molar-refractivity contribution in [1.29, 1.82) is 0 Å². The van der Waals surface area contributed by atoms with E-state index in [9.17, 15) is 18.7 Å². The summed E-state index contributed by atoms with van der Waals surface area (Å²) in [6.07, 6.45) is 2.15. The van der Waals surface area contributed by atoms with Gasteiger partial charge in [0.25, 0.3) is 0 Å². The highest BCUT2D eigenvalue weighted by atomic mass is 35.5. The third-order valence-corrected chi connectivity index (χ3v) is 5.45. The van der Waals surface area contributed by atoms with Crippen molar-refractivity contribution in [2.75, 3.05) is 5.32 Å². The molecule has 1 heterocycles. The van der Waals surface area contributed by atoms with Gasteiger partial charge in [-0.2, -0.15) is 0 Å². The van der Waals surface area contributed by atoms with Crippen LogP contribution < -0.4 is 5.32 Å². The first-order chi connectivity index (χ1) is 14.3. The number of benzene rings is 2. The number of carboxylic acids is 1. The molecule has 1 saturated carbocycles. The number of aliphatic carboxylic acids is 1. The zero-order valence-electron chi connectivity index (χ0n) is 15.6. The lowest BCUT2D eigenvalue weighted by atomic mass is 10.0. The van der Waals surface area contributed by atoms with Gasteiger partial charge in [-0.25, -0.2) is 8.78 Å². The number of rotatable bonds is 6. The molecule has 0 spiro atoms. The number of nitrogens with zero attached hydrogens (tertiary/aromatic N) is 1. The van der Waals surface area contributed by atoms with E-state index < -0.39 is 17.6 Å². The maximum atomic E-state index is 14.3. The quantitative estimate of drug-likeness (QED) is 0.501. The van der Waals surface area contributed by atoms with Crippen LogP contribution in [-0.4, -0.2) is 21.2 Å². The maximum Gasteiger partial charge on any atom is 0.307 e. The van der Waals surface area contributed by atoms with Crippen molar-refractivity contribution in [2.24, 2.45) is 5.92 Å². The fraction of sp³-hybridized carbons (Fsp3) is 0.182. The van der Waals surface area contributed by atoms with Crippen LogP contribution in [0.1, 0.15) is 23.6 Å². The van der Waals surface area contributed by atoms with Crippen molar-refractivity contribution in [3.63, 3.8) is 0 Å². The second-order valence-electron chi connectivity index (χ2n) is 7.20. The average molecular weight is 431 g/mol. The molecule has 0 unspecified atom stereocenters. The molecule has 1 aromatic heterocycles. The lowest BCUT2D eigenvalue weighted by Gasteiger charge is -2.11. The van der Waals surface area contributed by atoms with Gasteiger partial charge in [-0.3, -0.25) is 9.78 Å². The number of carbonyl (C=O) groups is 1. The SMILES string of the molecule is O=C(O)[C@@H]1C[C@H]1c1ccc(NCc2cc(-c3ccc(O)c(Cl)c3)c(F)cc2F)cn1. The lowest BCUT2D eigenvalue weighted by molar-refractivity contribution is -0.138. The molecule has 0 bridgehead atoms. The van der Waals surface area contributed by atoms with Gasteiger partial charge in [-0.1, -0.05) is 17.7 Å². The van der Waals surface area contributed by atoms with Crippen molar-refractivity contribution in [3.05, 3.63) is 76.6 Å². The van der Waals surface area contributed by atoms with Crippen LogP contribution in [0.3, 0.4) is 0 Å². The molecule has 0 radical (unpaired) electrons. The van der Waals surface area contributed by atoms with Gasteiger partial charge in [-0.15, -0.1) is 0 Å². The van der Waals surface area contributed by atoms with Gasteiger partial charge >= 0.3 is 5.97 Å². The molecule has 8 heteroatoms. The summed E-state index contributed by atoms with van der Waals surface area (Å²) in [5, 5.41) is 21.6. The van der Waals surface area contributed by atoms with Gasteiger partial charge in [0.1, 0.15) is 17.4 Å². The van der Waals surface area contributed by atoms with Crippen molar-refractivity contribution in [3.8, 4) is 16.9 Å². The van der Waals surface area contributed by atoms with Gasteiger partial charge in [0.05, 0.1) is 22.8 Å². The summed E-state index contributed by atoms with van der Waals surface area (Å²) < 4.78 is 28.6. The van der Waals surface area contributed by atoms with Gasteiger partial charge in [-0.05, 0) is 42.3 Å². The smallest absolute Gasteiger partial charge is 0.307 e. The number of aromatic hydroxyl groups is 1. The minimum absolute atomic E-state index is 0.0641. The molecular formula is C22H17ClF2N2O3. The Hall–Kier alpha value is -3.19. The Bertz CT molecular complexity index is 1120. The summed E-state index contributed by atoms with van der Waals surface area (Å²) in [7, 11) is 0. The molecule has 0 aliphatic heterocycles. The Kier molecular flexibility index (Phi) is 5.30. The normalized spacial score (nSPS) is 17.6. The number of nitrogens with one attached hydrogen (secondary N) is 1. The van der Waals surface area contributed by atoms with Crippen LogP contribution in [0.4, 0.5) is 14.5 Å². The first kappa shape index (κ1) is 20.1. The molecule has 2 atom stereocenters. The third kappa shape index (κ3) is 4.07. The Balaban J connectivity index is 1.49. The highest BCUT2D eigenvalue weighted by Gasteiger charge is 2.45. The Morgan fingerprint density at radius 2 is 1.97 bits per heavy atom. The number of halogens is 3. The van der Waals surface area contributed by atoms with Gasteiger partial charge < -0.3 is 15.5 Å². The number of phenols is 1. The lowest BCUT2D eigenvalue weighted by Crippen LogP contribution is -2.04. The Morgan fingerprint density at radius 3 is 2.60 bits per heavy atom. The number of hydrogen-bond acceptors (Lipinski definition) is 4. The maximum absolute atomic E-state index is 14.3. The van der Waals surface area contributed by atoms with Crippen molar-refractivity contribution >= 4 is 23.3 Å². The summed E-state index contributed by atoms with van der Waals surface area (Å²) in [4.78, 5) is 15.3. The molecule has 154 valence electrons. The van der Waals surface area contributed by atoms with E-state index in [1.807, 2.05) is 0 Å². The zero-order chi connectivity index (χ0) is 21.4.